The third kappa shape index (κ3) is 5.16. The fourth-order valence-corrected chi connectivity index (χ4v) is 2.39. The second kappa shape index (κ2) is 7.07. The van der Waals surface area contributed by atoms with Gasteiger partial charge in [-0.05, 0) is 33.6 Å². The SMILES string of the molecule is CCCC(O)(CCC)CNC(=O)c1cnn(C(C)(C)C)c1. The van der Waals surface area contributed by atoms with Crippen molar-refractivity contribution in [3.8, 4) is 0 Å². The predicted molar refractivity (Wildman–Crippen MR) is 84.3 cm³/mol. The average molecular weight is 295 g/mol. The predicted octanol–water partition coefficient (Wildman–Crippen LogP) is 2.70. The molecule has 0 fully saturated rings. The molecule has 0 aromatic carbocycles. The summed E-state index contributed by atoms with van der Waals surface area (Å²) >= 11 is 0. The largest absolute Gasteiger partial charge is 0.388 e. The third-order valence-corrected chi connectivity index (χ3v) is 3.54. The van der Waals surface area contributed by atoms with Gasteiger partial charge < -0.3 is 10.4 Å². The van der Waals surface area contributed by atoms with E-state index < -0.39 is 5.60 Å². The van der Waals surface area contributed by atoms with E-state index in [0.717, 1.165) is 12.8 Å². The first-order valence-electron chi connectivity index (χ1n) is 7.77. The maximum atomic E-state index is 12.2. The van der Waals surface area contributed by atoms with E-state index in [-0.39, 0.29) is 18.0 Å². The minimum Gasteiger partial charge on any atom is -0.388 e. The molecule has 120 valence electrons. The molecule has 0 saturated heterocycles. The number of aromatic nitrogens is 2. The molecule has 0 radical (unpaired) electrons. The molecule has 0 atom stereocenters. The Morgan fingerprint density at radius 1 is 1.29 bits per heavy atom. The second-order valence-corrected chi connectivity index (χ2v) is 6.75. The Hall–Kier alpha value is -1.36. The van der Waals surface area contributed by atoms with Crippen LogP contribution in [-0.4, -0.2) is 32.9 Å². The van der Waals surface area contributed by atoms with Crippen LogP contribution in [0.15, 0.2) is 12.4 Å². The van der Waals surface area contributed by atoms with Gasteiger partial charge in [-0.2, -0.15) is 5.10 Å². The molecular formula is C16H29N3O2. The van der Waals surface area contributed by atoms with Gasteiger partial charge in [-0.3, -0.25) is 9.48 Å². The quantitative estimate of drug-likeness (QED) is 0.812. The highest BCUT2D eigenvalue weighted by Gasteiger charge is 2.26. The number of amides is 1. The van der Waals surface area contributed by atoms with Crippen LogP contribution in [0.25, 0.3) is 0 Å². The molecule has 1 rings (SSSR count). The summed E-state index contributed by atoms with van der Waals surface area (Å²) in [6, 6.07) is 0. The Balaban J connectivity index is 2.66. The van der Waals surface area contributed by atoms with Crippen molar-refractivity contribution in [2.75, 3.05) is 6.54 Å². The molecule has 0 bridgehead atoms. The van der Waals surface area contributed by atoms with Crippen LogP contribution >= 0.6 is 0 Å². The van der Waals surface area contributed by atoms with Gasteiger partial charge in [0.05, 0.1) is 22.9 Å². The summed E-state index contributed by atoms with van der Waals surface area (Å²) in [4.78, 5) is 12.2. The van der Waals surface area contributed by atoms with Crippen molar-refractivity contribution >= 4 is 5.91 Å². The number of carbonyl (C=O) groups excluding carboxylic acids is 1. The molecule has 0 spiro atoms. The topological polar surface area (TPSA) is 67.2 Å². The summed E-state index contributed by atoms with van der Waals surface area (Å²) in [5.74, 6) is -0.184. The van der Waals surface area contributed by atoms with Gasteiger partial charge in [-0.25, -0.2) is 0 Å². The normalized spacial score (nSPS) is 12.5. The number of nitrogens with zero attached hydrogens (tertiary/aromatic N) is 2. The summed E-state index contributed by atoms with van der Waals surface area (Å²) in [5.41, 5.74) is -0.427. The van der Waals surface area contributed by atoms with Crippen LogP contribution in [0.5, 0.6) is 0 Å². The number of rotatable bonds is 7. The lowest BCUT2D eigenvalue weighted by Crippen LogP contribution is -2.42. The van der Waals surface area contributed by atoms with Crippen LogP contribution in [0, 0.1) is 0 Å². The fourth-order valence-electron chi connectivity index (χ4n) is 2.39. The molecule has 5 nitrogen and oxygen atoms in total. The number of hydrogen-bond donors (Lipinski definition) is 2. The van der Waals surface area contributed by atoms with Crippen LogP contribution in [0.4, 0.5) is 0 Å². The van der Waals surface area contributed by atoms with Crippen molar-refractivity contribution in [3.63, 3.8) is 0 Å². The van der Waals surface area contributed by atoms with Crippen LogP contribution in [0.1, 0.15) is 70.7 Å². The highest BCUT2D eigenvalue weighted by molar-refractivity contribution is 5.93. The average Bonchev–Trinajstić information content (AvgIpc) is 2.86. The lowest BCUT2D eigenvalue weighted by molar-refractivity contribution is 0.0213. The van der Waals surface area contributed by atoms with Crippen molar-refractivity contribution in [2.24, 2.45) is 0 Å². The minimum absolute atomic E-state index is 0.149. The summed E-state index contributed by atoms with van der Waals surface area (Å²) in [5, 5.41) is 17.6. The maximum absolute atomic E-state index is 12.2. The molecule has 5 heteroatoms. The number of carbonyl (C=O) groups is 1. The summed E-state index contributed by atoms with van der Waals surface area (Å²) in [6.45, 7) is 10.5. The van der Waals surface area contributed by atoms with E-state index in [4.69, 9.17) is 0 Å². The minimum atomic E-state index is -0.806. The highest BCUT2D eigenvalue weighted by Crippen LogP contribution is 2.19. The third-order valence-electron chi connectivity index (χ3n) is 3.54. The molecule has 0 aliphatic heterocycles. The van der Waals surface area contributed by atoms with Crippen LogP contribution in [-0.2, 0) is 5.54 Å². The van der Waals surface area contributed by atoms with Gasteiger partial charge >= 0.3 is 0 Å². The molecule has 0 aliphatic rings. The Morgan fingerprint density at radius 3 is 2.29 bits per heavy atom. The molecule has 0 unspecified atom stereocenters. The van der Waals surface area contributed by atoms with Gasteiger partial charge in [0.15, 0.2) is 0 Å². The standard InChI is InChI=1S/C16H29N3O2/c1-6-8-16(21,9-7-2)12-17-14(20)13-10-18-19(11-13)15(3,4)5/h10-11,21H,6-9,12H2,1-5H3,(H,17,20). The monoisotopic (exact) mass is 295 g/mol. The van der Waals surface area contributed by atoms with Gasteiger partial charge in [0, 0.05) is 12.7 Å². The van der Waals surface area contributed by atoms with Crippen molar-refractivity contribution in [3.05, 3.63) is 18.0 Å². The van der Waals surface area contributed by atoms with E-state index in [1.54, 1.807) is 17.1 Å². The zero-order chi connectivity index (χ0) is 16.1. The van der Waals surface area contributed by atoms with Crippen LogP contribution in [0.3, 0.4) is 0 Å². The zero-order valence-corrected chi connectivity index (χ0v) is 13.9. The Labute approximate surface area is 127 Å². The smallest absolute Gasteiger partial charge is 0.254 e. The summed E-state index contributed by atoms with van der Waals surface area (Å²) in [7, 11) is 0. The summed E-state index contributed by atoms with van der Waals surface area (Å²) in [6.07, 6.45) is 6.50. The van der Waals surface area contributed by atoms with Crippen molar-refractivity contribution in [1.82, 2.24) is 15.1 Å². The van der Waals surface area contributed by atoms with Crippen molar-refractivity contribution in [2.45, 2.75) is 71.4 Å². The van der Waals surface area contributed by atoms with Crippen molar-refractivity contribution in [1.29, 1.82) is 0 Å². The molecule has 1 amide bonds. The van der Waals surface area contributed by atoms with E-state index in [1.165, 1.54) is 0 Å². The Bertz CT molecular complexity index is 454. The number of aliphatic hydroxyl groups is 1. The molecule has 2 N–H and O–H groups in total. The van der Waals surface area contributed by atoms with E-state index in [1.807, 2.05) is 34.6 Å². The zero-order valence-electron chi connectivity index (χ0n) is 13.9. The van der Waals surface area contributed by atoms with Gasteiger partial charge in [0.1, 0.15) is 0 Å². The molecule has 1 heterocycles. The first kappa shape index (κ1) is 17.7. The first-order valence-corrected chi connectivity index (χ1v) is 7.77. The van der Waals surface area contributed by atoms with Gasteiger partial charge in [0.25, 0.3) is 5.91 Å². The Morgan fingerprint density at radius 2 is 1.86 bits per heavy atom. The van der Waals surface area contributed by atoms with Crippen molar-refractivity contribution < 1.29 is 9.90 Å². The molecule has 0 aliphatic carbocycles. The van der Waals surface area contributed by atoms with Crippen LogP contribution in [0.2, 0.25) is 0 Å². The number of nitrogens with one attached hydrogen (secondary N) is 1. The fraction of sp³-hybridized carbons (Fsp3) is 0.750. The lowest BCUT2D eigenvalue weighted by Gasteiger charge is -2.27. The van der Waals surface area contributed by atoms with E-state index >= 15 is 0 Å². The van der Waals surface area contributed by atoms with Gasteiger partial charge in [-0.15, -0.1) is 0 Å². The lowest BCUT2D eigenvalue weighted by atomic mass is 9.92. The van der Waals surface area contributed by atoms with E-state index in [0.29, 0.717) is 18.4 Å². The van der Waals surface area contributed by atoms with E-state index in [9.17, 15) is 9.90 Å². The Kier molecular flexibility index (Phi) is 5.96. The highest BCUT2D eigenvalue weighted by atomic mass is 16.3. The van der Waals surface area contributed by atoms with Gasteiger partial charge in [0.2, 0.25) is 0 Å². The molecule has 0 saturated carbocycles. The first-order chi connectivity index (χ1) is 9.72. The molecule has 1 aromatic heterocycles. The number of hydrogen-bond acceptors (Lipinski definition) is 3. The molecule has 1 aromatic rings. The second-order valence-electron chi connectivity index (χ2n) is 6.75. The van der Waals surface area contributed by atoms with E-state index in [2.05, 4.69) is 10.4 Å². The van der Waals surface area contributed by atoms with Crippen LogP contribution < -0.4 is 5.32 Å². The maximum Gasteiger partial charge on any atom is 0.254 e. The summed E-state index contributed by atoms with van der Waals surface area (Å²) < 4.78 is 1.77. The van der Waals surface area contributed by atoms with Gasteiger partial charge in [-0.1, -0.05) is 26.7 Å². The molecular weight excluding hydrogens is 266 g/mol. The molecule has 21 heavy (non-hydrogen) atoms.